The molecule has 4 N–H and O–H groups in total. The van der Waals surface area contributed by atoms with Gasteiger partial charge in [0.25, 0.3) is 0 Å². The van der Waals surface area contributed by atoms with Crippen molar-refractivity contribution >= 4 is 5.91 Å². The molecule has 4 heteroatoms. The third-order valence-corrected chi connectivity index (χ3v) is 4.18. The number of rotatable bonds is 16. The molecule has 0 atom stereocenters. The Bertz CT molecular complexity index is 267. The molecule has 0 aromatic rings. The lowest BCUT2D eigenvalue weighted by Gasteiger charge is -2.21. The fourth-order valence-electron chi connectivity index (χ4n) is 2.73. The van der Waals surface area contributed by atoms with Crippen LogP contribution in [0.5, 0.6) is 0 Å². The first kappa shape index (κ1) is 21.4. The predicted octanol–water partition coefficient (Wildman–Crippen LogP) is 4.02. The molecule has 0 fully saturated rings. The summed E-state index contributed by atoms with van der Waals surface area (Å²) in [6.07, 6.45) is 14.4. The van der Waals surface area contributed by atoms with Crippen LogP contribution in [0.2, 0.25) is 0 Å². The second kappa shape index (κ2) is 14.0. The predicted molar refractivity (Wildman–Crippen MR) is 91.3 cm³/mol. The fraction of sp³-hybridized carbons (Fsp3) is 0.944. The van der Waals surface area contributed by atoms with Crippen LogP contribution < -0.4 is 5.73 Å². The lowest BCUT2D eigenvalue weighted by molar-refractivity contribution is -0.172. The third-order valence-electron chi connectivity index (χ3n) is 4.18. The van der Waals surface area contributed by atoms with Gasteiger partial charge in [-0.15, -0.1) is 0 Å². The van der Waals surface area contributed by atoms with E-state index in [1.807, 2.05) is 0 Å². The fourth-order valence-corrected chi connectivity index (χ4v) is 2.73. The number of unbranched alkanes of at least 4 members (excludes halogenated alkanes) is 10. The first-order valence-electron chi connectivity index (χ1n) is 9.21. The van der Waals surface area contributed by atoms with Gasteiger partial charge in [-0.25, -0.2) is 0 Å². The van der Waals surface area contributed by atoms with E-state index in [0.29, 0.717) is 19.3 Å². The van der Waals surface area contributed by atoms with Gasteiger partial charge in [-0.2, -0.15) is 0 Å². The minimum absolute atomic E-state index is 0.222. The van der Waals surface area contributed by atoms with E-state index in [2.05, 4.69) is 6.92 Å². The number of amides is 1. The summed E-state index contributed by atoms with van der Waals surface area (Å²) in [6, 6.07) is 0. The van der Waals surface area contributed by atoms with E-state index in [1.165, 1.54) is 25.7 Å². The highest BCUT2D eigenvalue weighted by atomic mass is 16.5. The topological polar surface area (TPSA) is 83.6 Å². The lowest BCUT2D eigenvalue weighted by atomic mass is 9.99. The third kappa shape index (κ3) is 15.8. The van der Waals surface area contributed by atoms with Crippen molar-refractivity contribution in [2.75, 3.05) is 0 Å². The zero-order valence-electron chi connectivity index (χ0n) is 14.5. The molecule has 0 heterocycles. The van der Waals surface area contributed by atoms with Crippen molar-refractivity contribution in [1.29, 1.82) is 0 Å². The van der Waals surface area contributed by atoms with Gasteiger partial charge in [-0.3, -0.25) is 4.79 Å². The summed E-state index contributed by atoms with van der Waals surface area (Å²) in [5, 5.41) is 19.8. The summed E-state index contributed by atoms with van der Waals surface area (Å²) in [5.74, 6) is -1.70. The molecule has 0 aromatic heterocycles. The maximum absolute atomic E-state index is 10.6. The first-order valence-corrected chi connectivity index (χ1v) is 9.21. The van der Waals surface area contributed by atoms with Crippen molar-refractivity contribution in [3.05, 3.63) is 0 Å². The maximum Gasteiger partial charge on any atom is 0.217 e. The molecule has 0 aliphatic carbocycles. The Morgan fingerprint density at radius 2 is 1.18 bits per heavy atom. The Hall–Kier alpha value is -0.610. The molecule has 0 aliphatic heterocycles. The summed E-state index contributed by atoms with van der Waals surface area (Å²) < 4.78 is 0. The van der Waals surface area contributed by atoms with Gasteiger partial charge in [0.1, 0.15) is 0 Å². The zero-order valence-corrected chi connectivity index (χ0v) is 14.5. The molecule has 0 aliphatic rings. The number of hydrogen-bond donors (Lipinski definition) is 3. The lowest BCUT2D eigenvalue weighted by Crippen LogP contribution is -2.27. The molecule has 0 saturated carbocycles. The highest BCUT2D eigenvalue weighted by Crippen LogP contribution is 2.20. The second-order valence-electron chi connectivity index (χ2n) is 6.59. The quantitative estimate of drug-likeness (QED) is 0.297. The standard InChI is InChI=1S/C18H37NO3/c1-2-3-4-5-9-12-15-18(21,22)16-13-10-7-6-8-11-14-17(19)20/h21-22H,2-16H2,1H3,(H2,19,20). The van der Waals surface area contributed by atoms with E-state index in [4.69, 9.17) is 5.73 Å². The van der Waals surface area contributed by atoms with Crippen LogP contribution in [-0.2, 0) is 4.79 Å². The second-order valence-corrected chi connectivity index (χ2v) is 6.59. The number of primary amides is 1. The zero-order chi connectivity index (χ0) is 16.7. The van der Waals surface area contributed by atoms with Gasteiger partial charge in [0.05, 0.1) is 0 Å². The average molecular weight is 315 g/mol. The Labute approximate surface area is 136 Å². The minimum atomic E-state index is -1.48. The van der Waals surface area contributed by atoms with E-state index in [9.17, 15) is 15.0 Å². The molecule has 0 bridgehead atoms. The highest BCUT2D eigenvalue weighted by molar-refractivity contribution is 5.73. The van der Waals surface area contributed by atoms with Gasteiger partial charge in [0, 0.05) is 19.3 Å². The number of hydrogen-bond acceptors (Lipinski definition) is 3. The summed E-state index contributed by atoms with van der Waals surface area (Å²) in [7, 11) is 0. The molecule has 0 saturated heterocycles. The number of nitrogens with two attached hydrogens (primary N) is 1. The van der Waals surface area contributed by atoms with Gasteiger partial charge in [-0.05, 0) is 19.3 Å². The van der Waals surface area contributed by atoms with Crippen molar-refractivity contribution in [1.82, 2.24) is 0 Å². The van der Waals surface area contributed by atoms with Crippen molar-refractivity contribution in [2.45, 2.75) is 109 Å². The Morgan fingerprint density at radius 3 is 1.64 bits per heavy atom. The van der Waals surface area contributed by atoms with Gasteiger partial charge in [0.2, 0.25) is 5.91 Å². The largest absolute Gasteiger partial charge is 0.370 e. The van der Waals surface area contributed by atoms with Gasteiger partial charge in [0.15, 0.2) is 5.79 Å². The highest BCUT2D eigenvalue weighted by Gasteiger charge is 2.21. The number of carbonyl (C=O) groups is 1. The van der Waals surface area contributed by atoms with Crippen LogP contribution in [0.1, 0.15) is 103 Å². The SMILES string of the molecule is CCCCCCCCC(O)(O)CCCCCCCCC(N)=O. The molecule has 132 valence electrons. The van der Waals surface area contributed by atoms with Crippen LogP contribution in [0.4, 0.5) is 0 Å². The smallest absolute Gasteiger partial charge is 0.217 e. The van der Waals surface area contributed by atoms with Crippen molar-refractivity contribution in [2.24, 2.45) is 5.73 Å². The summed E-state index contributed by atoms with van der Waals surface area (Å²) in [4.78, 5) is 10.6. The molecular weight excluding hydrogens is 278 g/mol. The number of aliphatic hydroxyl groups is 2. The molecule has 0 radical (unpaired) electrons. The Morgan fingerprint density at radius 1 is 0.773 bits per heavy atom. The van der Waals surface area contributed by atoms with Gasteiger partial charge in [-0.1, -0.05) is 64.7 Å². The minimum Gasteiger partial charge on any atom is -0.370 e. The van der Waals surface area contributed by atoms with Crippen LogP contribution in [-0.4, -0.2) is 21.9 Å². The van der Waals surface area contributed by atoms with Crippen molar-refractivity contribution in [3.8, 4) is 0 Å². The Kier molecular flexibility index (Phi) is 13.6. The summed E-state index contributed by atoms with van der Waals surface area (Å²) in [5.41, 5.74) is 5.08. The average Bonchev–Trinajstić information content (AvgIpc) is 2.45. The maximum atomic E-state index is 10.6. The van der Waals surface area contributed by atoms with Gasteiger partial charge < -0.3 is 15.9 Å². The van der Waals surface area contributed by atoms with Crippen LogP contribution in [0.15, 0.2) is 0 Å². The normalized spacial score (nSPS) is 11.8. The molecule has 0 aromatic carbocycles. The van der Waals surface area contributed by atoms with E-state index in [0.717, 1.165) is 51.4 Å². The molecule has 0 spiro atoms. The summed E-state index contributed by atoms with van der Waals surface area (Å²) >= 11 is 0. The van der Waals surface area contributed by atoms with E-state index < -0.39 is 5.79 Å². The van der Waals surface area contributed by atoms with Crippen molar-refractivity contribution < 1.29 is 15.0 Å². The van der Waals surface area contributed by atoms with Crippen LogP contribution in [0.25, 0.3) is 0 Å². The molecule has 1 amide bonds. The molecule has 0 unspecified atom stereocenters. The molecule has 0 rings (SSSR count). The van der Waals surface area contributed by atoms with Gasteiger partial charge >= 0.3 is 0 Å². The van der Waals surface area contributed by atoms with E-state index >= 15 is 0 Å². The molecular formula is C18H37NO3. The van der Waals surface area contributed by atoms with Crippen LogP contribution in [0.3, 0.4) is 0 Å². The van der Waals surface area contributed by atoms with Crippen molar-refractivity contribution in [3.63, 3.8) is 0 Å². The van der Waals surface area contributed by atoms with Crippen LogP contribution in [0, 0.1) is 0 Å². The van der Waals surface area contributed by atoms with E-state index in [1.54, 1.807) is 0 Å². The Balaban J connectivity index is 3.38. The molecule has 22 heavy (non-hydrogen) atoms. The van der Waals surface area contributed by atoms with Crippen LogP contribution >= 0.6 is 0 Å². The number of carbonyl (C=O) groups excluding carboxylic acids is 1. The summed E-state index contributed by atoms with van der Waals surface area (Å²) in [6.45, 7) is 2.20. The molecule has 4 nitrogen and oxygen atoms in total. The first-order chi connectivity index (χ1) is 10.5. The monoisotopic (exact) mass is 315 g/mol. The van der Waals surface area contributed by atoms with E-state index in [-0.39, 0.29) is 5.91 Å².